The molecule has 0 saturated carbocycles. The topological polar surface area (TPSA) is 103 Å². The number of halogens is 1. The maximum Gasteiger partial charge on any atom is 0.231 e. The molecule has 0 amide bonds. The van der Waals surface area contributed by atoms with Crippen molar-refractivity contribution in [3.8, 4) is 40.2 Å². The summed E-state index contributed by atoms with van der Waals surface area (Å²) in [5, 5.41) is 12.0. The molecule has 4 heterocycles. The van der Waals surface area contributed by atoms with E-state index in [9.17, 15) is 5.11 Å². The molecule has 0 aliphatic carbocycles. The first kappa shape index (κ1) is 27.3. The molecule has 4 aliphatic rings. The second kappa shape index (κ2) is 10.6. The van der Waals surface area contributed by atoms with Gasteiger partial charge >= 0.3 is 0 Å². The first-order valence-corrected chi connectivity index (χ1v) is 14.2. The van der Waals surface area contributed by atoms with Crippen molar-refractivity contribution in [3.63, 3.8) is 0 Å². The van der Waals surface area contributed by atoms with Crippen LogP contribution in [-0.2, 0) is 9.47 Å². The standard InChI is InChI=1S/C31H31ClO10/c1-34-20-5-4-6-21(35-2)27(20)30-31(33)14-38-29(18(31)13-37-30)17-10-24-25(11-22(17)36-3)42-28(26(12-32)41-24)16-7-8-19-23(9-16)40-15-39-19/h4-11,18,26,28-30,33H,12-15H2,1-3H3/t18-,26+,28-,29-,30-,31-/m0/s1. The number of aliphatic hydroxyl groups is 1. The van der Waals surface area contributed by atoms with Gasteiger partial charge in [0.15, 0.2) is 35.2 Å². The van der Waals surface area contributed by atoms with E-state index in [-0.39, 0.29) is 25.9 Å². The van der Waals surface area contributed by atoms with E-state index in [1.54, 1.807) is 27.4 Å². The molecule has 10 nitrogen and oxygen atoms in total. The van der Waals surface area contributed by atoms with Crippen LogP contribution in [0.5, 0.6) is 40.2 Å². The molecular weight excluding hydrogens is 568 g/mol. The summed E-state index contributed by atoms with van der Waals surface area (Å²) in [6.45, 7) is 0.476. The van der Waals surface area contributed by atoms with Gasteiger partial charge in [-0.25, -0.2) is 0 Å². The van der Waals surface area contributed by atoms with Crippen molar-refractivity contribution in [1.29, 1.82) is 0 Å². The lowest BCUT2D eigenvalue weighted by atomic mass is 9.80. The fourth-order valence-electron chi connectivity index (χ4n) is 6.40. The maximum atomic E-state index is 12.0. The number of methoxy groups -OCH3 is 3. The SMILES string of the molecule is COc1cc2c(cc1[C@@H]1OC[C@@]3(O)[C@H](c4c(OC)cccc4OC)OC[C@@H]13)O[C@H](CCl)[C@H](c1ccc3c(c1)OCO3)O2. The van der Waals surface area contributed by atoms with Gasteiger partial charge in [-0.2, -0.15) is 0 Å². The largest absolute Gasteiger partial charge is 0.496 e. The average molecular weight is 599 g/mol. The van der Waals surface area contributed by atoms with Crippen LogP contribution in [0.15, 0.2) is 48.5 Å². The molecule has 11 heteroatoms. The van der Waals surface area contributed by atoms with E-state index < -0.39 is 35.9 Å². The Labute approximate surface area is 247 Å². The normalized spacial score (nSPS) is 28.8. The van der Waals surface area contributed by atoms with Crippen LogP contribution in [0.25, 0.3) is 0 Å². The monoisotopic (exact) mass is 598 g/mol. The Kier molecular flexibility index (Phi) is 6.89. The van der Waals surface area contributed by atoms with Crippen LogP contribution in [0.4, 0.5) is 0 Å². The predicted octanol–water partition coefficient (Wildman–Crippen LogP) is 4.75. The van der Waals surface area contributed by atoms with E-state index in [1.807, 2.05) is 42.5 Å². The Morgan fingerprint density at radius 3 is 2.31 bits per heavy atom. The number of rotatable bonds is 7. The molecule has 222 valence electrons. The van der Waals surface area contributed by atoms with Crippen LogP contribution in [0.1, 0.15) is 35.0 Å². The molecule has 1 N–H and O–H groups in total. The van der Waals surface area contributed by atoms with E-state index in [1.165, 1.54) is 0 Å². The van der Waals surface area contributed by atoms with E-state index in [4.69, 9.17) is 54.2 Å². The van der Waals surface area contributed by atoms with Gasteiger partial charge in [-0.05, 0) is 30.3 Å². The second-order valence-corrected chi connectivity index (χ2v) is 10.9. The van der Waals surface area contributed by atoms with Crippen LogP contribution in [0.3, 0.4) is 0 Å². The first-order valence-electron chi connectivity index (χ1n) is 13.7. The molecule has 6 atom stereocenters. The highest BCUT2D eigenvalue weighted by molar-refractivity contribution is 6.18. The number of hydrogen-bond donors (Lipinski definition) is 1. The van der Waals surface area contributed by atoms with Crippen molar-refractivity contribution in [1.82, 2.24) is 0 Å². The summed E-state index contributed by atoms with van der Waals surface area (Å²) < 4.78 is 53.4. The van der Waals surface area contributed by atoms with Gasteiger partial charge in [-0.1, -0.05) is 12.1 Å². The van der Waals surface area contributed by atoms with Crippen molar-refractivity contribution in [2.45, 2.75) is 30.0 Å². The highest BCUT2D eigenvalue weighted by Crippen LogP contribution is 2.58. The molecule has 3 aromatic rings. The summed E-state index contributed by atoms with van der Waals surface area (Å²) in [5.41, 5.74) is 0.870. The Morgan fingerprint density at radius 1 is 0.833 bits per heavy atom. The van der Waals surface area contributed by atoms with Crippen LogP contribution in [0.2, 0.25) is 0 Å². The third-order valence-electron chi connectivity index (χ3n) is 8.48. The lowest BCUT2D eigenvalue weighted by Crippen LogP contribution is -2.39. The minimum atomic E-state index is -1.34. The summed E-state index contributed by atoms with van der Waals surface area (Å²) in [6, 6.07) is 14.7. The van der Waals surface area contributed by atoms with Crippen LogP contribution < -0.4 is 33.2 Å². The quantitative estimate of drug-likeness (QED) is 0.383. The van der Waals surface area contributed by atoms with Crippen molar-refractivity contribution >= 4 is 11.6 Å². The highest BCUT2D eigenvalue weighted by atomic mass is 35.5. The predicted molar refractivity (Wildman–Crippen MR) is 149 cm³/mol. The van der Waals surface area contributed by atoms with Gasteiger partial charge in [0.25, 0.3) is 0 Å². The van der Waals surface area contributed by atoms with Gasteiger partial charge in [0.1, 0.15) is 29.0 Å². The molecule has 4 aliphatic heterocycles. The zero-order chi connectivity index (χ0) is 29.0. The van der Waals surface area contributed by atoms with Crippen molar-refractivity contribution < 1.29 is 47.7 Å². The zero-order valence-electron chi connectivity index (χ0n) is 23.3. The van der Waals surface area contributed by atoms with E-state index in [0.717, 1.165) is 5.56 Å². The Hall–Kier alpha value is -3.57. The van der Waals surface area contributed by atoms with Crippen molar-refractivity contribution in [2.24, 2.45) is 5.92 Å². The Balaban J connectivity index is 1.20. The smallest absolute Gasteiger partial charge is 0.231 e. The van der Waals surface area contributed by atoms with Gasteiger partial charge < -0.3 is 47.7 Å². The average Bonchev–Trinajstić information content (AvgIpc) is 3.72. The minimum Gasteiger partial charge on any atom is -0.496 e. The number of alkyl halides is 1. The maximum absolute atomic E-state index is 12.0. The summed E-state index contributed by atoms with van der Waals surface area (Å²) in [5.74, 6) is 3.81. The van der Waals surface area contributed by atoms with Crippen LogP contribution >= 0.6 is 11.6 Å². The number of fused-ring (bicyclic) bond motifs is 3. The van der Waals surface area contributed by atoms with Crippen molar-refractivity contribution in [3.05, 3.63) is 65.2 Å². The molecule has 42 heavy (non-hydrogen) atoms. The molecule has 0 radical (unpaired) electrons. The highest BCUT2D eigenvalue weighted by Gasteiger charge is 2.61. The zero-order valence-corrected chi connectivity index (χ0v) is 24.1. The number of hydrogen-bond acceptors (Lipinski definition) is 10. The van der Waals surface area contributed by atoms with Crippen molar-refractivity contribution in [2.75, 3.05) is 47.2 Å². The van der Waals surface area contributed by atoms with Gasteiger partial charge in [0.2, 0.25) is 6.79 Å². The molecule has 2 fully saturated rings. The summed E-state index contributed by atoms with van der Waals surface area (Å²) in [4.78, 5) is 0. The Morgan fingerprint density at radius 2 is 1.57 bits per heavy atom. The van der Waals surface area contributed by atoms with E-state index in [0.29, 0.717) is 51.4 Å². The molecule has 3 aromatic carbocycles. The fraction of sp³-hybridized carbons (Fsp3) is 0.419. The second-order valence-electron chi connectivity index (χ2n) is 10.6. The molecule has 0 unspecified atom stereocenters. The number of ether oxygens (including phenoxy) is 9. The van der Waals surface area contributed by atoms with Crippen LogP contribution in [-0.4, -0.2) is 64.0 Å². The minimum absolute atomic E-state index is 0.0439. The molecule has 2 saturated heterocycles. The molecular formula is C31H31ClO10. The molecule has 7 rings (SSSR count). The lowest BCUT2D eigenvalue weighted by Gasteiger charge is -2.34. The first-order chi connectivity index (χ1) is 20.5. The summed E-state index contributed by atoms with van der Waals surface area (Å²) in [6.07, 6.45) is -2.21. The number of benzene rings is 3. The third kappa shape index (κ3) is 4.19. The molecule has 0 spiro atoms. The van der Waals surface area contributed by atoms with Gasteiger partial charge in [0.05, 0.1) is 52.1 Å². The van der Waals surface area contributed by atoms with Gasteiger partial charge in [-0.15, -0.1) is 11.6 Å². The van der Waals surface area contributed by atoms with Crippen LogP contribution in [0, 0.1) is 5.92 Å². The molecule has 0 aromatic heterocycles. The lowest BCUT2D eigenvalue weighted by molar-refractivity contribution is -0.0643. The Bertz CT molecular complexity index is 1470. The van der Waals surface area contributed by atoms with Gasteiger partial charge in [-0.3, -0.25) is 0 Å². The van der Waals surface area contributed by atoms with E-state index >= 15 is 0 Å². The third-order valence-corrected chi connectivity index (χ3v) is 8.78. The molecule has 0 bridgehead atoms. The summed E-state index contributed by atoms with van der Waals surface area (Å²) >= 11 is 6.37. The van der Waals surface area contributed by atoms with Gasteiger partial charge in [0, 0.05) is 23.1 Å². The van der Waals surface area contributed by atoms with E-state index in [2.05, 4.69) is 0 Å². The fourth-order valence-corrected chi connectivity index (χ4v) is 6.62. The summed E-state index contributed by atoms with van der Waals surface area (Å²) in [7, 11) is 4.74.